The Morgan fingerprint density at radius 2 is 1.89 bits per heavy atom. The summed E-state index contributed by atoms with van der Waals surface area (Å²) in [4.78, 5) is 0. The average molecular weight is 261 g/mol. The molecule has 1 aliphatic rings. The molecular formula is C17H27NO. The molecule has 0 atom stereocenters. The van der Waals surface area contributed by atoms with Gasteiger partial charge < -0.3 is 10.1 Å². The molecule has 19 heavy (non-hydrogen) atoms. The third kappa shape index (κ3) is 5.23. The molecular weight excluding hydrogens is 234 g/mol. The Bertz CT molecular complexity index is 341. The van der Waals surface area contributed by atoms with Crippen molar-refractivity contribution in [2.45, 2.75) is 52.0 Å². The summed E-state index contributed by atoms with van der Waals surface area (Å²) < 4.78 is 5.44. The fourth-order valence-corrected chi connectivity index (χ4v) is 2.92. The van der Waals surface area contributed by atoms with Gasteiger partial charge in [-0.15, -0.1) is 0 Å². The molecule has 1 fully saturated rings. The lowest BCUT2D eigenvalue weighted by Gasteiger charge is -2.09. The van der Waals surface area contributed by atoms with E-state index in [-0.39, 0.29) is 0 Å². The summed E-state index contributed by atoms with van der Waals surface area (Å²) in [5.41, 5.74) is 1.34. The van der Waals surface area contributed by atoms with E-state index in [1.807, 2.05) is 6.92 Å². The lowest BCUT2D eigenvalue weighted by molar-refractivity contribution is 0.340. The Morgan fingerprint density at radius 1 is 1.16 bits per heavy atom. The molecule has 1 aromatic rings. The molecule has 1 N–H and O–H groups in total. The van der Waals surface area contributed by atoms with Crippen molar-refractivity contribution in [1.82, 2.24) is 5.32 Å². The second-order valence-electron chi connectivity index (χ2n) is 5.55. The zero-order valence-corrected chi connectivity index (χ0v) is 12.2. The van der Waals surface area contributed by atoms with E-state index in [1.165, 1.54) is 44.1 Å². The fourth-order valence-electron chi connectivity index (χ4n) is 2.92. The monoisotopic (exact) mass is 261 g/mol. The van der Waals surface area contributed by atoms with Crippen LogP contribution in [-0.2, 0) is 6.54 Å². The van der Waals surface area contributed by atoms with Gasteiger partial charge in [-0.2, -0.15) is 0 Å². The van der Waals surface area contributed by atoms with Crippen molar-refractivity contribution in [1.29, 1.82) is 0 Å². The normalized spacial score (nSPS) is 15.8. The molecule has 106 valence electrons. The Kier molecular flexibility index (Phi) is 6.22. The van der Waals surface area contributed by atoms with Crippen LogP contribution >= 0.6 is 0 Å². The van der Waals surface area contributed by atoms with E-state index in [0.717, 1.165) is 31.4 Å². The molecule has 1 aromatic carbocycles. The Labute approximate surface area is 117 Å². The first kappa shape index (κ1) is 14.4. The van der Waals surface area contributed by atoms with Crippen LogP contribution in [0.4, 0.5) is 0 Å². The summed E-state index contributed by atoms with van der Waals surface area (Å²) in [6.07, 6.45) is 8.60. The molecule has 0 saturated heterocycles. The van der Waals surface area contributed by atoms with Crippen LogP contribution in [0.5, 0.6) is 5.75 Å². The van der Waals surface area contributed by atoms with E-state index >= 15 is 0 Å². The van der Waals surface area contributed by atoms with Crippen molar-refractivity contribution in [3.63, 3.8) is 0 Å². The number of ether oxygens (including phenoxy) is 1. The van der Waals surface area contributed by atoms with Crippen LogP contribution in [0.2, 0.25) is 0 Å². The zero-order chi connectivity index (χ0) is 13.3. The molecule has 0 unspecified atom stereocenters. The lowest BCUT2D eigenvalue weighted by atomic mass is 10.0. The number of hydrogen-bond acceptors (Lipinski definition) is 2. The largest absolute Gasteiger partial charge is 0.494 e. The lowest BCUT2D eigenvalue weighted by Crippen LogP contribution is -2.15. The van der Waals surface area contributed by atoms with E-state index in [0.29, 0.717) is 0 Å². The van der Waals surface area contributed by atoms with Gasteiger partial charge in [-0.3, -0.25) is 0 Å². The number of nitrogens with one attached hydrogen (secondary N) is 1. The molecule has 0 heterocycles. The van der Waals surface area contributed by atoms with Crippen LogP contribution in [0.3, 0.4) is 0 Å². The van der Waals surface area contributed by atoms with Crippen molar-refractivity contribution in [3.8, 4) is 5.75 Å². The maximum atomic E-state index is 5.44. The first-order chi connectivity index (χ1) is 9.38. The van der Waals surface area contributed by atoms with E-state index in [4.69, 9.17) is 4.74 Å². The molecule has 2 rings (SSSR count). The van der Waals surface area contributed by atoms with Crippen molar-refractivity contribution < 1.29 is 4.74 Å². The second-order valence-corrected chi connectivity index (χ2v) is 5.55. The first-order valence-corrected chi connectivity index (χ1v) is 7.81. The van der Waals surface area contributed by atoms with Crippen LogP contribution in [0, 0.1) is 5.92 Å². The van der Waals surface area contributed by atoms with Gasteiger partial charge in [-0.25, -0.2) is 0 Å². The highest BCUT2D eigenvalue weighted by Crippen LogP contribution is 2.28. The summed E-state index contributed by atoms with van der Waals surface area (Å²) in [6, 6.07) is 8.40. The summed E-state index contributed by atoms with van der Waals surface area (Å²) in [5, 5.41) is 3.54. The molecule has 0 radical (unpaired) electrons. The van der Waals surface area contributed by atoms with Gasteiger partial charge in [0.1, 0.15) is 5.75 Å². The second kappa shape index (κ2) is 8.21. The molecule has 0 bridgehead atoms. The third-order valence-corrected chi connectivity index (χ3v) is 4.00. The molecule has 2 heteroatoms. The average Bonchev–Trinajstić information content (AvgIpc) is 2.94. The Balaban J connectivity index is 1.57. The van der Waals surface area contributed by atoms with Crippen molar-refractivity contribution in [2.24, 2.45) is 5.92 Å². The number of benzene rings is 1. The van der Waals surface area contributed by atoms with Gasteiger partial charge in [0, 0.05) is 6.54 Å². The Morgan fingerprint density at radius 3 is 2.58 bits per heavy atom. The molecule has 0 aromatic heterocycles. The molecule has 2 nitrogen and oxygen atoms in total. The summed E-state index contributed by atoms with van der Waals surface area (Å²) in [5.74, 6) is 1.99. The third-order valence-electron chi connectivity index (χ3n) is 4.00. The topological polar surface area (TPSA) is 21.3 Å². The van der Waals surface area contributed by atoms with Crippen LogP contribution in [-0.4, -0.2) is 13.2 Å². The van der Waals surface area contributed by atoms with Crippen molar-refractivity contribution >= 4 is 0 Å². The molecule has 1 aliphatic carbocycles. The number of rotatable bonds is 8. The highest BCUT2D eigenvalue weighted by Gasteiger charge is 2.13. The minimum Gasteiger partial charge on any atom is -0.494 e. The standard InChI is InChI=1S/C17H27NO/c1-2-19-17-11-9-16(10-12-17)14-18-13-5-8-15-6-3-4-7-15/h9-12,15,18H,2-8,13-14H2,1H3. The predicted molar refractivity (Wildman–Crippen MR) is 80.5 cm³/mol. The highest BCUT2D eigenvalue weighted by atomic mass is 16.5. The van der Waals surface area contributed by atoms with Gasteiger partial charge in [-0.1, -0.05) is 37.8 Å². The van der Waals surface area contributed by atoms with Gasteiger partial charge in [0.05, 0.1) is 6.61 Å². The SMILES string of the molecule is CCOc1ccc(CNCCCC2CCCC2)cc1. The zero-order valence-electron chi connectivity index (χ0n) is 12.2. The fraction of sp³-hybridized carbons (Fsp3) is 0.647. The molecule has 0 aliphatic heterocycles. The first-order valence-electron chi connectivity index (χ1n) is 7.81. The summed E-state index contributed by atoms with van der Waals surface area (Å²) in [6.45, 7) is 4.86. The van der Waals surface area contributed by atoms with Crippen molar-refractivity contribution in [2.75, 3.05) is 13.2 Å². The molecule has 0 spiro atoms. The van der Waals surface area contributed by atoms with Gasteiger partial charge in [0.2, 0.25) is 0 Å². The Hall–Kier alpha value is -1.02. The van der Waals surface area contributed by atoms with E-state index < -0.39 is 0 Å². The van der Waals surface area contributed by atoms with E-state index in [1.54, 1.807) is 0 Å². The van der Waals surface area contributed by atoms with Crippen molar-refractivity contribution in [3.05, 3.63) is 29.8 Å². The quantitative estimate of drug-likeness (QED) is 0.710. The molecule has 0 amide bonds. The van der Waals surface area contributed by atoms with E-state index in [9.17, 15) is 0 Å². The van der Waals surface area contributed by atoms with Gasteiger partial charge >= 0.3 is 0 Å². The maximum absolute atomic E-state index is 5.44. The van der Waals surface area contributed by atoms with Crippen LogP contribution in [0.1, 0.15) is 51.0 Å². The molecule has 1 saturated carbocycles. The summed E-state index contributed by atoms with van der Waals surface area (Å²) in [7, 11) is 0. The minimum absolute atomic E-state index is 0.735. The highest BCUT2D eigenvalue weighted by molar-refractivity contribution is 5.27. The smallest absolute Gasteiger partial charge is 0.119 e. The van der Waals surface area contributed by atoms with Crippen LogP contribution in [0.25, 0.3) is 0 Å². The van der Waals surface area contributed by atoms with Gasteiger partial charge in [-0.05, 0) is 49.9 Å². The summed E-state index contributed by atoms with van der Waals surface area (Å²) >= 11 is 0. The van der Waals surface area contributed by atoms with E-state index in [2.05, 4.69) is 29.6 Å². The van der Waals surface area contributed by atoms with Gasteiger partial charge in [0.25, 0.3) is 0 Å². The predicted octanol–water partition coefficient (Wildman–Crippen LogP) is 4.15. The van der Waals surface area contributed by atoms with Crippen LogP contribution in [0.15, 0.2) is 24.3 Å². The van der Waals surface area contributed by atoms with Crippen LogP contribution < -0.4 is 10.1 Å². The van der Waals surface area contributed by atoms with Gasteiger partial charge in [0.15, 0.2) is 0 Å². The maximum Gasteiger partial charge on any atom is 0.119 e. The number of hydrogen-bond donors (Lipinski definition) is 1. The minimum atomic E-state index is 0.735.